The van der Waals surface area contributed by atoms with Crippen molar-refractivity contribution in [1.29, 1.82) is 0 Å². The van der Waals surface area contributed by atoms with Gasteiger partial charge in [0.25, 0.3) is 11.7 Å². The van der Waals surface area contributed by atoms with Gasteiger partial charge in [-0.15, -0.1) is 6.42 Å². The lowest BCUT2D eigenvalue weighted by atomic mass is 10.1. The highest BCUT2D eigenvalue weighted by molar-refractivity contribution is 6.43. The van der Waals surface area contributed by atoms with Crippen LogP contribution in [0, 0.1) is 26.2 Å². The Bertz CT molecular complexity index is 1020. The summed E-state index contributed by atoms with van der Waals surface area (Å²) in [4.78, 5) is 24.9. The van der Waals surface area contributed by atoms with Crippen molar-refractivity contribution in [3.63, 3.8) is 0 Å². The van der Waals surface area contributed by atoms with Crippen LogP contribution >= 0.6 is 11.6 Å². The SMILES string of the molecule is C#C/C(C/C=C\Cn1nc(C)c(C(=O)C(=O)NC/C(C)=C/C=C(\C)F)c1C)=C(\Cl)C=C. The molecule has 0 fully saturated rings. The highest BCUT2D eigenvalue weighted by Gasteiger charge is 2.24. The summed E-state index contributed by atoms with van der Waals surface area (Å²) < 4.78 is 14.4. The number of Topliss-reactive ketones (excluding diaryl/α,β-unsaturated/α-hetero) is 1. The summed E-state index contributed by atoms with van der Waals surface area (Å²) in [7, 11) is 0. The van der Waals surface area contributed by atoms with Crippen LogP contribution in [0.5, 0.6) is 0 Å². The third kappa shape index (κ3) is 7.88. The summed E-state index contributed by atoms with van der Waals surface area (Å²) in [6.45, 7) is 10.6. The van der Waals surface area contributed by atoms with E-state index in [2.05, 4.69) is 22.9 Å². The van der Waals surface area contributed by atoms with E-state index in [-0.39, 0.29) is 17.9 Å². The lowest BCUT2D eigenvalue weighted by Crippen LogP contribution is -2.32. The Balaban J connectivity index is 2.85. The smallest absolute Gasteiger partial charge is 0.292 e. The Morgan fingerprint density at radius 2 is 1.97 bits per heavy atom. The first kappa shape index (κ1) is 25.9. The second-order valence-electron chi connectivity index (χ2n) is 6.86. The van der Waals surface area contributed by atoms with E-state index in [1.165, 1.54) is 19.1 Å². The number of aryl methyl sites for hydroxylation is 1. The van der Waals surface area contributed by atoms with E-state index in [0.717, 1.165) is 0 Å². The molecule has 1 heterocycles. The number of halogens is 2. The van der Waals surface area contributed by atoms with Gasteiger partial charge in [0.2, 0.25) is 0 Å². The van der Waals surface area contributed by atoms with Gasteiger partial charge >= 0.3 is 0 Å². The Kier molecular flexibility index (Phi) is 10.4. The van der Waals surface area contributed by atoms with E-state index in [4.69, 9.17) is 18.0 Å². The van der Waals surface area contributed by atoms with E-state index in [1.54, 1.807) is 31.5 Å². The highest BCUT2D eigenvalue weighted by atomic mass is 35.5. The van der Waals surface area contributed by atoms with Crippen LogP contribution in [-0.2, 0) is 11.3 Å². The van der Waals surface area contributed by atoms with Gasteiger partial charge in [0, 0.05) is 17.8 Å². The number of hydrogen-bond donors (Lipinski definition) is 1. The van der Waals surface area contributed by atoms with Crippen LogP contribution in [0.3, 0.4) is 0 Å². The fourth-order valence-electron chi connectivity index (χ4n) is 2.66. The number of carbonyl (C=O) groups is 2. The largest absolute Gasteiger partial charge is 0.345 e. The van der Waals surface area contributed by atoms with Crippen LogP contribution in [0.15, 0.2) is 59.0 Å². The van der Waals surface area contributed by atoms with Gasteiger partial charge in [-0.25, -0.2) is 4.39 Å². The van der Waals surface area contributed by atoms with Crippen LogP contribution in [-0.4, -0.2) is 28.0 Å². The second kappa shape index (κ2) is 12.5. The van der Waals surface area contributed by atoms with Crippen molar-refractivity contribution in [2.45, 2.75) is 40.7 Å². The zero-order valence-electron chi connectivity index (χ0n) is 18.3. The number of carbonyl (C=O) groups excluding carboxylic acids is 2. The summed E-state index contributed by atoms with van der Waals surface area (Å²) in [5.41, 5.74) is 2.65. The molecule has 0 aliphatic rings. The number of allylic oxidation sites excluding steroid dienone is 8. The van der Waals surface area contributed by atoms with Gasteiger partial charge < -0.3 is 5.32 Å². The molecule has 7 heteroatoms. The number of nitrogens with zero attached hydrogens (tertiary/aromatic N) is 2. The van der Waals surface area contributed by atoms with E-state index in [9.17, 15) is 14.0 Å². The molecule has 164 valence electrons. The first-order chi connectivity index (χ1) is 14.6. The van der Waals surface area contributed by atoms with Crippen molar-refractivity contribution in [1.82, 2.24) is 15.1 Å². The average molecular weight is 444 g/mol. The number of aromatic nitrogens is 2. The molecule has 1 N–H and O–H groups in total. The summed E-state index contributed by atoms with van der Waals surface area (Å²) in [6.07, 6.45) is 13.9. The number of terminal acetylenes is 1. The quantitative estimate of drug-likeness (QED) is 0.184. The van der Waals surface area contributed by atoms with Gasteiger partial charge in [-0.2, -0.15) is 5.10 Å². The van der Waals surface area contributed by atoms with Crippen molar-refractivity contribution < 1.29 is 14.0 Å². The monoisotopic (exact) mass is 443 g/mol. The van der Waals surface area contributed by atoms with Gasteiger partial charge in [-0.05, 0) is 46.3 Å². The zero-order chi connectivity index (χ0) is 23.6. The number of hydrogen-bond acceptors (Lipinski definition) is 3. The molecule has 5 nitrogen and oxygen atoms in total. The summed E-state index contributed by atoms with van der Waals surface area (Å²) >= 11 is 5.99. The molecule has 0 aliphatic carbocycles. The molecule has 0 aromatic carbocycles. The Labute approximate surface area is 188 Å². The van der Waals surface area contributed by atoms with Crippen LogP contribution in [0.25, 0.3) is 0 Å². The number of amides is 1. The first-order valence-corrected chi connectivity index (χ1v) is 9.98. The molecule has 1 amide bonds. The van der Waals surface area contributed by atoms with Crippen molar-refractivity contribution in [2.75, 3.05) is 6.54 Å². The average Bonchev–Trinajstić information content (AvgIpc) is 3.02. The minimum absolute atomic E-state index is 0.140. The summed E-state index contributed by atoms with van der Waals surface area (Å²) in [5.74, 6) is 0.782. The second-order valence-corrected chi connectivity index (χ2v) is 7.26. The maximum Gasteiger partial charge on any atom is 0.292 e. The predicted octanol–water partition coefficient (Wildman–Crippen LogP) is 4.88. The highest BCUT2D eigenvalue weighted by Crippen LogP contribution is 2.16. The zero-order valence-corrected chi connectivity index (χ0v) is 19.0. The molecule has 0 aliphatic heterocycles. The van der Waals surface area contributed by atoms with Gasteiger partial charge in [0.15, 0.2) is 0 Å². The maximum absolute atomic E-state index is 12.8. The molecule has 0 unspecified atom stereocenters. The van der Waals surface area contributed by atoms with Crippen LogP contribution in [0.2, 0.25) is 0 Å². The number of rotatable bonds is 10. The van der Waals surface area contributed by atoms with E-state index in [0.29, 0.717) is 40.5 Å². The van der Waals surface area contributed by atoms with Crippen molar-refractivity contribution in [3.05, 3.63) is 75.9 Å². The fraction of sp³-hybridized carbons (Fsp3) is 0.292. The Morgan fingerprint density at radius 3 is 2.55 bits per heavy atom. The molecule has 0 saturated carbocycles. The summed E-state index contributed by atoms with van der Waals surface area (Å²) in [6, 6.07) is 0. The molecule has 31 heavy (non-hydrogen) atoms. The molecular weight excluding hydrogens is 417 g/mol. The Morgan fingerprint density at radius 1 is 1.29 bits per heavy atom. The molecule has 0 radical (unpaired) electrons. The lowest BCUT2D eigenvalue weighted by molar-refractivity contribution is -0.116. The van der Waals surface area contributed by atoms with E-state index < -0.39 is 11.7 Å². The third-order valence-electron chi connectivity index (χ3n) is 4.35. The molecule has 1 aromatic rings. The maximum atomic E-state index is 12.8. The molecule has 0 bridgehead atoms. The van der Waals surface area contributed by atoms with Crippen LogP contribution < -0.4 is 5.32 Å². The van der Waals surface area contributed by atoms with Crippen molar-refractivity contribution in [3.8, 4) is 12.3 Å². The standard InChI is InChI=1S/C24H27ClFN3O2/c1-7-20(21(25)8-2)11-9-10-14-29-19(6)22(18(5)28-29)23(30)24(31)27-15-16(3)12-13-17(4)26/h1,8-10,12-13H,2,11,14-15H2,3-6H3,(H,27,31)/b10-9-,16-12+,17-13+,21-20+. The number of nitrogens with one attached hydrogen (secondary N) is 1. The van der Waals surface area contributed by atoms with Crippen LogP contribution in [0.1, 0.15) is 42.0 Å². The van der Waals surface area contributed by atoms with Gasteiger partial charge in [-0.1, -0.05) is 47.9 Å². The van der Waals surface area contributed by atoms with E-state index in [1.807, 2.05) is 12.2 Å². The molecule has 1 aromatic heterocycles. The van der Waals surface area contributed by atoms with Gasteiger partial charge in [0.1, 0.15) is 0 Å². The van der Waals surface area contributed by atoms with Gasteiger partial charge in [0.05, 0.1) is 28.7 Å². The lowest BCUT2D eigenvalue weighted by Gasteiger charge is -2.05. The molecule has 0 spiro atoms. The number of ketones is 1. The predicted molar refractivity (Wildman–Crippen MR) is 123 cm³/mol. The van der Waals surface area contributed by atoms with E-state index >= 15 is 0 Å². The Hall–Kier alpha value is -3.17. The summed E-state index contributed by atoms with van der Waals surface area (Å²) in [5, 5.41) is 7.34. The minimum atomic E-state index is -0.738. The van der Waals surface area contributed by atoms with Crippen molar-refractivity contribution in [2.24, 2.45) is 0 Å². The minimum Gasteiger partial charge on any atom is -0.345 e. The first-order valence-electron chi connectivity index (χ1n) is 9.61. The topological polar surface area (TPSA) is 64.0 Å². The molecule has 1 rings (SSSR count). The molecular formula is C24H27ClFN3O2. The molecule has 0 atom stereocenters. The molecule has 0 saturated heterocycles. The van der Waals surface area contributed by atoms with Crippen LogP contribution in [0.4, 0.5) is 4.39 Å². The van der Waals surface area contributed by atoms with Gasteiger partial charge in [-0.3, -0.25) is 14.3 Å². The fourth-order valence-corrected chi connectivity index (χ4v) is 2.79. The van der Waals surface area contributed by atoms with Crippen molar-refractivity contribution >= 4 is 23.3 Å². The normalized spacial score (nSPS) is 13.1. The third-order valence-corrected chi connectivity index (χ3v) is 4.73.